The second kappa shape index (κ2) is 11.2. The lowest BCUT2D eigenvalue weighted by molar-refractivity contribution is 0.176. The van der Waals surface area contributed by atoms with Crippen molar-refractivity contribution in [2.24, 2.45) is 0 Å². The summed E-state index contributed by atoms with van der Waals surface area (Å²) >= 11 is 18.0. The molecule has 0 radical (unpaired) electrons. The molecule has 7 nitrogen and oxygen atoms in total. The topological polar surface area (TPSA) is 54.2 Å². The summed E-state index contributed by atoms with van der Waals surface area (Å²) in [5, 5.41) is 14.5. The van der Waals surface area contributed by atoms with Crippen molar-refractivity contribution >= 4 is 46.2 Å². The molecule has 1 fully saturated rings. The van der Waals surface area contributed by atoms with Crippen LogP contribution in [0.3, 0.4) is 0 Å². The molecule has 0 aliphatic carbocycles. The van der Waals surface area contributed by atoms with Gasteiger partial charge in [-0.15, -0.1) is 0 Å². The van der Waals surface area contributed by atoms with Gasteiger partial charge in [-0.05, 0) is 55.9 Å². The highest BCUT2D eigenvalue weighted by atomic mass is 35.5. The number of benzene rings is 2. The number of thiocarbonyl (C=S) groups is 1. The summed E-state index contributed by atoms with van der Waals surface area (Å²) in [4.78, 5) is 4.69. The van der Waals surface area contributed by atoms with Crippen LogP contribution in [0.5, 0.6) is 0 Å². The number of aryl methyl sites for hydroxylation is 1. The average molecular weight is 555 g/mol. The first-order chi connectivity index (χ1) is 17.9. The summed E-state index contributed by atoms with van der Waals surface area (Å²) in [5.74, 6) is 0. The van der Waals surface area contributed by atoms with Gasteiger partial charge >= 0.3 is 0 Å². The third-order valence-electron chi connectivity index (χ3n) is 6.72. The first-order valence-electron chi connectivity index (χ1n) is 12.2. The van der Waals surface area contributed by atoms with Gasteiger partial charge in [-0.1, -0.05) is 47.5 Å². The number of rotatable bonds is 6. The van der Waals surface area contributed by atoms with Crippen LogP contribution in [0.25, 0.3) is 5.69 Å². The van der Waals surface area contributed by atoms with Crippen molar-refractivity contribution in [1.82, 2.24) is 29.4 Å². The standard InChI is InChI=1S/C27H29Cl2N7S/c1-19-25(20(2)36(32-19)24-6-4-3-5-7-24)18-33-10-12-34(13-11-33)27(37)31-23-15-30-35(17-23)16-21-8-9-22(28)14-26(21)29/h3-9,14-15,17H,10-13,16,18H2,1-2H3,(H,31,37). The van der Waals surface area contributed by atoms with Gasteiger partial charge in [-0.25, -0.2) is 4.68 Å². The summed E-state index contributed by atoms with van der Waals surface area (Å²) < 4.78 is 3.87. The predicted octanol–water partition coefficient (Wildman–Crippen LogP) is 5.56. The molecular weight excluding hydrogens is 525 g/mol. The van der Waals surface area contributed by atoms with Gasteiger partial charge in [-0.3, -0.25) is 9.58 Å². The number of hydrogen-bond acceptors (Lipinski definition) is 4. The Hall–Kier alpha value is -2.91. The van der Waals surface area contributed by atoms with E-state index >= 15 is 0 Å². The van der Waals surface area contributed by atoms with Crippen LogP contribution < -0.4 is 5.32 Å². The number of nitrogens with zero attached hydrogens (tertiary/aromatic N) is 6. The third-order valence-corrected chi connectivity index (χ3v) is 7.66. The molecule has 0 atom stereocenters. The molecular formula is C27H29Cl2N7S. The quantitative estimate of drug-likeness (QED) is 0.315. The molecule has 1 saturated heterocycles. The smallest absolute Gasteiger partial charge is 0.173 e. The van der Waals surface area contributed by atoms with E-state index in [1.165, 1.54) is 11.3 Å². The number of halogens is 2. The maximum absolute atomic E-state index is 6.30. The summed E-state index contributed by atoms with van der Waals surface area (Å²) in [5.41, 5.74) is 6.48. The van der Waals surface area contributed by atoms with E-state index in [-0.39, 0.29) is 0 Å². The van der Waals surface area contributed by atoms with Crippen LogP contribution in [0.1, 0.15) is 22.5 Å². The summed E-state index contributed by atoms with van der Waals surface area (Å²) in [6.45, 7) is 9.30. The molecule has 1 aliphatic heterocycles. The van der Waals surface area contributed by atoms with E-state index in [0.717, 1.165) is 55.4 Å². The lowest BCUT2D eigenvalue weighted by atomic mass is 10.1. The van der Waals surface area contributed by atoms with E-state index in [4.69, 9.17) is 40.5 Å². The van der Waals surface area contributed by atoms with Gasteiger partial charge in [-0.2, -0.15) is 10.2 Å². The minimum atomic E-state index is 0.558. The Morgan fingerprint density at radius 1 is 1.00 bits per heavy atom. The molecule has 1 aliphatic rings. The van der Waals surface area contributed by atoms with Gasteiger partial charge in [0.1, 0.15) is 0 Å². The first-order valence-corrected chi connectivity index (χ1v) is 13.4. The molecule has 5 rings (SSSR count). The largest absolute Gasteiger partial charge is 0.346 e. The zero-order valence-corrected chi connectivity index (χ0v) is 23.2. The fourth-order valence-corrected chi connectivity index (χ4v) is 5.37. The van der Waals surface area contributed by atoms with Gasteiger partial charge < -0.3 is 10.2 Å². The molecule has 192 valence electrons. The maximum atomic E-state index is 6.30. The highest BCUT2D eigenvalue weighted by molar-refractivity contribution is 7.80. The second-order valence-corrected chi connectivity index (χ2v) is 10.5. The fourth-order valence-electron chi connectivity index (χ4n) is 4.60. The zero-order chi connectivity index (χ0) is 25.9. The van der Waals surface area contributed by atoms with Crippen molar-refractivity contribution in [3.63, 3.8) is 0 Å². The van der Waals surface area contributed by atoms with E-state index in [2.05, 4.69) is 46.2 Å². The first kappa shape index (κ1) is 25.7. The van der Waals surface area contributed by atoms with Crippen molar-refractivity contribution in [2.45, 2.75) is 26.9 Å². The highest BCUT2D eigenvalue weighted by Gasteiger charge is 2.22. The molecule has 10 heteroatoms. The van der Waals surface area contributed by atoms with Crippen LogP contribution in [0.2, 0.25) is 10.0 Å². The Morgan fingerprint density at radius 2 is 1.76 bits per heavy atom. The van der Waals surface area contributed by atoms with Crippen LogP contribution in [-0.4, -0.2) is 60.7 Å². The minimum Gasteiger partial charge on any atom is -0.346 e. The number of piperazine rings is 1. The Balaban J connectivity index is 1.14. The molecule has 0 bridgehead atoms. The highest BCUT2D eigenvalue weighted by Crippen LogP contribution is 2.23. The molecule has 37 heavy (non-hydrogen) atoms. The normalized spacial score (nSPS) is 14.2. The van der Waals surface area contributed by atoms with Crippen molar-refractivity contribution in [2.75, 3.05) is 31.5 Å². The predicted molar refractivity (Wildman–Crippen MR) is 154 cm³/mol. The molecule has 1 N–H and O–H groups in total. The van der Waals surface area contributed by atoms with E-state index in [0.29, 0.717) is 21.7 Å². The zero-order valence-electron chi connectivity index (χ0n) is 20.9. The average Bonchev–Trinajstić information content (AvgIpc) is 3.45. The van der Waals surface area contributed by atoms with E-state index < -0.39 is 0 Å². The number of nitrogens with one attached hydrogen (secondary N) is 1. The summed E-state index contributed by atoms with van der Waals surface area (Å²) in [6, 6.07) is 15.8. The summed E-state index contributed by atoms with van der Waals surface area (Å²) in [6.07, 6.45) is 3.71. The maximum Gasteiger partial charge on any atom is 0.173 e. The van der Waals surface area contributed by atoms with Crippen molar-refractivity contribution in [1.29, 1.82) is 0 Å². The number of aromatic nitrogens is 4. The van der Waals surface area contributed by atoms with Crippen LogP contribution >= 0.6 is 35.4 Å². The number of para-hydroxylation sites is 1. The van der Waals surface area contributed by atoms with Crippen LogP contribution in [0.4, 0.5) is 5.69 Å². The van der Waals surface area contributed by atoms with E-state index in [1.807, 2.05) is 45.9 Å². The Morgan fingerprint density at radius 3 is 2.49 bits per heavy atom. The van der Waals surface area contributed by atoms with Gasteiger partial charge in [0, 0.05) is 60.2 Å². The third kappa shape index (κ3) is 5.99. The van der Waals surface area contributed by atoms with Crippen LogP contribution in [0, 0.1) is 13.8 Å². The summed E-state index contributed by atoms with van der Waals surface area (Å²) in [7, 11) is 0. The second-order valence-electron chi connectivity index (χ2n) is 9.25. The monoisotopic (exact) mass is 553 g/mol. The Labute approximate surface area is 232 Å². The van der Waals surface area contributed by atoms with Crippen molar-refractivity contribution < 1.29 is 0 Å². The number of hydrogen-bond donors (Lipinski definition) is 1. The van der Waals surface area contributed by atoms with E-state index in [1.54, 1.807) is 12.3 Å². The SMILES string of the molecule is Cc1nn(-c2ccccc2)c(C)c1CN1CCN(C(=S)Nc2cnn(Cc3ccc(Cl)cc3Cl)c2)CC1. The van der Waals surface area contributed by atoms with Crippen molar-refractivity contribution in [3.8, 4) is 5.69 Å². The van der Waals surface area contributed by atoms with Gasteiger partial charge in [0.2, 0.25) is 0 Å². The lowest BCUT2D eigenvalue weighted by Gasteiger charge is -2.36. The van der Waals surface area contributed by atoms with Crippen molar-refractivity contribution in [3.05, 3.63) is 93.5 Å². The fraction of sp³-hybridized carbons (Fsp3) is 0.296. The van der Waals surface area contributed by atoms with Gasteiger partial charge in [0.15, 0.2) is 5.11 Å². The van der Waals surface area contributed by atoms with E-state index in [9.17, 15) is 0 Å². The molecule has 0 spiro atoms. The molecule has 0 amide bonds. The molecule has 0 saturated carbocycles. The van der Waals surface area contributed by atoms with Crippen LogP contribution in [-0.2, 0) is 13.1 Å². The van der Waals surface area contributed by atoms with Gasteiger partial charge in [0.05, 0.1) is 29.8 Å². The van der Waals surface area contributed by atoms with Gasteiger partial charge in [0.25, 0.3) is 0 Å². The minimum absolute atomic E-state index is 0.558. The molecule has 0 unspecified atom stereocenters. The lowest BCUT2D eigenvalue weighted by Crippen LogP contribution is -2.49. The van der Waals surface area contributed by atoms with Crippen LogP contribution in [0.15, 0.2) is 60.9 Å². The molecule has 2 aromatic heterocycles. The molecule has 4 aromatic rings. The Bertz CT molecular complexity index is 1390. The Kier molecular flexibility index (Phi) is 7.81. The number of anilines is 1. The molecule has 3 heterocycles. The molecule has 2 aromatic carbocycles.